The minimum absolute atomic E-state index is 0.847. The molecule has 0 spiro atoms. The summed E-state index contributed by atoms with van der Waals surface area (Å²) < 4.78 is 2.12. The van der Waals surface area contributed by atoms with Gasteiger partial charge in [-0.15, -0.1) is 0 Å². The van der Waals surface area contributed by atoms with Gasteiger partial charge in [0.25, 0.3) is 0 Å². The number of nitrogens with zero attached hydrogens (tertiary/aromatic N) is 2. The molecule has 0 fully saturated rings. The maximum absolute atomic E-state index is 4.69. The zero-order valence-electron chi connectivity index (χ0n) is 13.2. The number of aryl methyl sites for hydroxylation is 3. The van der Waals surface area contributed by atoms with E-state index >= 15 is 0 Å². The quantitative estimate of drug-likeness (QED) is 0.904. The van der Waals surface area contributed by atoms with E-state index in [0.717, 1.165) is 25.3 Å². The van der Waals surface area contributed by atoms with Crippen molar-refractivity contribution in [2.75, 3.05) is 6.54 Å². The predicted octanol–water partition coefficient (Wildman–Crippen LogP) is 3.27. The van der Waals surface area contributed by atoms with E-state index in [9.17, 15) is 0 Å². The van der Waals surface area contributed by atoms with E-state index in [1.165, 1.54) is 27.9 Å². The lowest BCUT2D eigenvalue weighted by atomic mass is 10.1. The standard InChI is InChI=1S/C17H25N3/c1-6-18-10-17-14(4)19-20(15(17)5)11-16-8-7-12(2)13(3)9-16/h7-9,18H,6,10-11H2,1-5H3. The Labute approximate surface area is 122 Å². The number of nitrogens with one attached hydrogen (secondary N) is 1. The third kappa shape index (κ3) is 3.10. The summed E-state index contributed by atoms with van der Waals surface area (Å²) in [5.41, 5.74) is 7.73. The Morgan fingerprint density at radius 3 is 2.50 bits per heavy atom. The minimum Gasteiger partial charge on any atom is -0.313 e. The summed E-state index contributed by atoms with van der Waals surface area (Å²) in [5, 5.41) is 8.07. The van der Waals surface area contributed by atoms with Crippen LogP contribution in [0.25, 0.3) is 0 Å². The summed E-state index contributed by atoms with van der Waals surface area (Å²) in [6.45, 7) is 13.4. The van der Waals surface area contributed by atoms with Crippen LogP contribution in [-0.4, -0.2) is 16.3 Å². The third-order valence-corrected chi connectivity index (χ3v) is 3.99. The molecule has 2 aromatic rings. The second-order valence-corrected chi connectivity index (χ2v) is 5.51. The number of benzene rings is 1. The smallest absolute Gasteiger partial charge is 0.0662 e. The highest BCUT2D eigenvalue weighted by molar-refractivity contribution is 5.31. The Kier molecular flexibility index (Phi) is 4.61. The van der Waals surface area contributed by atoms with Gasteiger partial charge in [-0.25, -0.2) is 0 Å². The van der Waals surface area contributed by atoms with Crippen molar-refractivity contribution in [3.8, 4) is 0 Å². The summed E-state index contributed by atoms with van der Waals surface area (Å²) in [6, 6.07) is 6.65. The van der Waals surface area contributed by atoms with Crippen molar-refractivity contribution in [1.82, 2.24) is 15.1 Å². The zero-order chi connectivity index (χ0) is 14.7. The minimum atomic E-state index is 0.847. The maximum atomic E-state index is 4.69. The number of aromatic nitrogens is 2. The van der Waals surface area contributed by atoms with Crippen LogP contribution in [-0.2, 0) is 13.1 Å². The van der Waals surface area contributed by atoms with Gasteiger partial charge in [-0.2, -0.15) is 5.10 Å². The first kappa shape index (κ1) is 14.8. The summed E-state index contributed by atoms with van der Waals surface area (Å²) >= 11 is 0. The molecule has 0 bridgehead atoms. The molecular weight excluding hydrogens is 246 g/mol. The molecule has 0 aliphatic carbocycles. The summed E-state index contributed by atoms with van der Waals surface area (Å²) in [6.07, 6.45) is 0. The third-order valence-electron chi connectivity index (χ3n) is 3.99. The second-order valence-electron chi connectivity index (χ2n) is 5.51. The maximum Gasteiger partial charge on any atom is 0.0662 e. The fourth-order valence-corrected chi connectivity index (χ4v) is 2.47. The van der Waals surface area contributed by atoms with E-state index in [1.807, 2.05) is 0 Å². The first-order valence-corrected chi connectivity index (χ1v) is 7.32. The van der Waals surface area contributed by atoms with Crippen molar-refractivity contribution >= 4 is 0 Å². The Bertz CT molecular complexity index is 597. The van der Waals surface area contributed by atoms with Crippen LogP contribution in [0.1, 0.15) is 40.6 Å². The number of rotatable bonds is 5. The Hall–Kier alpha value is -1.61. The van der Waals surface area contributed by atoms with Crippen LogP contribution in [0.5, 0.6) is 0 Å². The highest BCUT2D eigenvalue weighted by atomic mass is 15.3. The van der Waals surface area contributed by atoms with Crippen molar-refractivity contribution in [2.24, 2.45) is 0 Å². The molecule has 1 aromatic heterocycles. The predicted molar refractivity (Wildman–Crippen MR) is 84.1 cm³/mol. The zero-order valence-corrected chi connectivity index (χ0v) is 13.2. The molecule has 0 atom stereocenters. The van der Waals surface area contributed by atoms with Gasteiger partial charge in [0, 0.05) is 17.8 Å². The van der Waals surface area contributed by atoms with Crippen LogP contribution < -0.4 is 5.32 Å². The molecule has 0 saturated carbocycles. The fourth-order valence-electron chi connectivity index (χ4n) is 2.47. The fraction of sp³-hybridized carbons (Fsp3) is 0.471. The summed E-state index contributed by atoms with van der Waals surface area (Å²) in [4.78, 5) is 0. The van der Waals surface area contributed by atoms with Crippen LogP contribution in [0.2, 0.25) is 0 Å². The van der Waals surface area contributed by atoms with Crippen LogP contribution in [0.4, 0.5) is 0 Å². The van der Waals surface area contributed by atoms with Crippen LogP contribution >= 0.6 is 0 Å². The molecule has 0 aliphatic heterocycles. The van der Waals surface area contributed by atoms with Gasteiger partial charge >= 0.3 is 0 Å². The average molecular weight is 271 g/mol. The van der Waals surface area contributed by atoms with E-state index in [1.54, 1.807) is 0 Å². The van der Waals surface area contributed by atoms with Gasteiger partial charge in [0.05, 0.1) is 12.2 Å². The average Bonchev–Trinajstić information content (AvgIpc) is 2.67. The molecule has 20 heavy (non-hydrogen) atoms. The van der Waals surface area contributed by atoms with Gasteiger partial charge in [-0.05, 0) is 50.9 Å². The Morgan fingerprint density at radius 1 is 1.10 bits per heavy atom. The van der Waals surface area contributed by atoms with Gasteiger partial charge < -0.3 is 5.32 Å². The van der Waals surface area contributed by atoms with Gasteiger partial charge in [0.2, 0.25) is 0 Å². The highest BCUT2D eigenvalue weighted by Gasteiger charge is 2.11. The molecule has 3 nitrogen and oxygen atoms in total. The van der Waals surface area contributed by atoms with Crippen molar-refractivity contribution in [3.63, 3.8) is 0 Å². The number of hydrogen-bond donors (Lipinski definition) is 1. The van der Waals surface area contributed by atoms with Gasteiger partial charge in [0.15, 0.2) is 0 Å². The molecule has 1 aromatic carbocycles. The summed E-state index contributed by atoms with van der Waals surface area (Å²) in [5.74, 6) is 0. The first-order chi connectivity index (χ1) is 9.52. The van der Waals surface area contributed by atoms with Crippen LogP contribution in [0.15, 0.2) is 18.2 Å². The molecule has 1 heterocycles. The monoisotopic (exact) mass is 271 g/mol. The lowest BCUT2D eigenvalue weighted by molar-refractivity contribution is 0.655. The van der Waals surface area contributed by atoms with Crippen LogP contribution in [0, 0.1) is 27.7 Å². The Balaban J connectivity index is 2.23. The van der Waals surface area contributed by atoms with Gasteiger partial charge in [-0.1, -0.05) is 25.1 Å². The van der Waals surface area contributed by atoms with E-state index in [4.69, 9.17) is 0 Å². The molecular formula is C17H25N3. The van der Waals surface area contributed by atoms with E-state index in [2.05, 4.69) is 67.9 Å². The molecule has 2 rings (SSSR count). The SMILES string of the molecule is CCNCc1c(C)nn(Cc2ccc(C)c(C)c2)c1C. The summed E-state index contributed by atoms with van der Waals surface area (Å²) in [7, 11) is 0. The van der Waals surface area contributed by atoms with E-state index in [-0.39, 0.29) is 0 Å². The number of hydrogen-bond acceptors (Lipinski definition) is 2. The molecule has 0 radical (unpaired) electrons. The lowest BCUT2D eigenvalue weighted by Gasteiger charge is -2.08. The van der Waals surface area contributed by atoms with Crippen molar-refractivity contribution in [3.05, 3.63) is 51.8 Å². The van der Waals surface area contributed by atoms with Crippen molar-refractivity contribution in [1.29, 1.82) is 0 Å². The molecule has 0 amide bonds. The largest absolute Gasteiger partial charge is 0.313 e. The molecule has 0 aliphatic rings. The first-order valence-electron chi connectivity index (χ1n) is 7.32. The van der Waals surface area contributed by atoms with Crippen molar-refractivity contribution < 1.29 is 0 Å². The lowest BCUT2D eigenvalue weighted by Crippen LogP contribution is -2.13. The van der Waals surface area contributed by atoms with Crippen LogP contribution in [0.3, 0.4) is 0 Å². The van der Waals surface area contributed by atoms with Gasteiger partial charge in [-0.3, -0.25) is 4.68 Å². The molecule has 0 unspecified atom stereocenters. The molecule has 0 saturated heterocycles. The molecule has 3 heteroatoms. The Morgan fingerprint density at radius 2 is 1.85 bits per heavy atom. The van der Waals surface area contributed by atoms with Crippen molar-refractivity contribution in [2.45, 2.75) is 47.7 Å². The molecule has 108 valence electrons. The van der Waals surface area contributed by atoms with E-state index in [0.29, 0.717) is 0 Å². The normalized spacial score (nSPS) is 11.1. The van der Waals surface area contributed by atoms with Gasteiger partial charge in [0.1, 0.15) is 0 Å². The topological polar surface area (TPSA) is 29.9 Å². The second kappa shape index (κ2) is 6.23. The molecule has 1 N–H and O–H groups in total. The van der Waals surface area contributed by atoms with E-state index < -0.39 is 0 Å². The highest BCUT2D eigenvalue weighted by Crippen LogP contribution is 2.16.